The van der Waals surface area contributed by atoms with Crippen molar-refractivity contribution in [2.45, 2.75) is 25.2 Å². The molecule has 1 aliphatic rings. The second kappa shape index (κ2) is 6.13. The molecule has 1 aromatic heterocycles. The Morgan fingerprint density at radius 2 is 2.24 bits per heavy atom. The first-order valence-corrected chi connectivity index (χ1v) is 7.83. The molecule has 1 amide bonds. The van der Waals surface area contributed by atoms with Crippen molar-refractivity contribution < 1.29 is 9.53 Å². The minimum absolute atomic E-state index is 0.0961. The molecule has 0 aliphatic heterocycles. The summed E-state index contributed by atoms with van der Waals surface area (Å²) in [5.41, 5.74) is 7.44. The van der Waals surface area contributed by atoms with Crippen LogP contribution in [0, 0.1) is 0 Å². The highest BCUT2D eigenvalue weighted by Gasteiger charge is 2.26. The average Bonchev–Trinajstić information content (AvgIpc) is 3.22. The van der Waals surface area contributed by atoms with E-state index in [4.69, 9.17) is 10.5 Å². The standard InChI is InChI=1S/C15H17N3O2S/c16-11-3-1-2-4-13(11)20-8-7-14(19)18-15-17-12(9-21-15)10-5-6-10/h1-4,9-10H,5-8,16H2,(H,17,18,19). The lowest BCUT2D eigenvalue weighted by Crippen LogP contribution is -2.15. The normalized spacial score (nSPS) is 13.9. The summed E-state index contributed by atoms with van der Waals surface area (Å²) in [6, 6.07) is 7.25. The van der Waals surface area contributed by atoms with E-state index in [9.17, 15) is 4.79 Å². The fourth-order valence-corrected chi connectivity index (χ4v) is 2.77. The Kier molecular flexibility index (Phi) is 4.06. The highest BCUT2D eigenvalue weighted by molar-refractivity contribution is 7.13. The van der Waals surface area contributed by atoms with Gasteiger partial charge in [0.15, 0.2) is 5.13 Å². The molecule has 1 heterocycles. The van der Waals surface area contributed by atoms with Crippen molar-refractivity contribution in [1.29, 1.82) is 0 Å². The number of amides is 1. The van der Waals surface area contributed by atoms with Crippen molar-refractivity contribution in [2.24, 2.45) is 0 Å². The molecule has 0 saturated heterocycles. The van der Waals surface area contributed by atoms with Crippen LogP contribution in [0.5, 0.6) is 5.75 Å². The Hall–Kier alpha value is -2.08. The van der Waals surface area contributed by atoms with Crippen molar-refractivity contribution >= 4 is 28.1 Å². The first-order chi connectivity index (χ1) is 10.2. The predicted octanol–water partition coefficient (Wildman–Crippen LogP) is 3.01. The van der Waals surface area contributed by atoms with E-state index in [1.54, 1.807) is 12.1 Å². The number of ether oxygens (including phenoxy) is 1. The SMILES string of the molecule is Nc1ccccc1OCCC(=O)Nc1nc(C2CC2)cs1. The van der Waals surface area contributed by atoms with E-state index in [1.165, 1.54) is 24.2 Å². The molecule has 3 rings (SSSR count). The van der Waals surface area contributed by atoms with Crippen LogP contribution in [0.25, 0.3) is 0 Å². The van der Waals surface area contributed by atoms with Crippen molar-refractivity contribution in [3.63, 3.8) is 0 Å². The van der Waals surface area contributed by atoms with Crippen LogP contribution in [-0.2, 0) is 4.79 Å². The number of nitrogens with two attached hydrogens (primary N) is 1. The summed E-state index contributed by atoms with van der Waals surface area (Å²) in [4.78, 5) is 16.2. The molecule has 1 saturated carbocycles. The summed E-state index contributed by atoms with van der Waals surface area (Å²) in [5.74, 6) is 1.12. The first-order valence-electron chi connectivity index (χ1n) is 6.95. The minimum atomic E-state index is -0.0961. The number of rotatable bonds is 6. The number of nitrogen functional groups attached to an aromatic ring is 1. The Bertz CT molecular complexity index is 637. The molecular weight excluding hydrogens is 286 g/mol. The molecule has 0 unspecified atom stereocenters. The number of aromatic nitrogens is 1. The van der Waals surface area contributed by atoms with Crippen LogP contribution < -0.4 is 15.8 Å². The maximum Gasteiger partial charge on any atom is 0.229 e. The van der Waals surface area contributed by atoms with Gasteiger partial charge in [0.2, 0.25) is 5.91 Å². The summed E-state index contributed by atoms with van der Waals surface area (Å²) < 4.78 is 5.50. The fraction of sp³-hybridized carbons (Fsp3) is 0.333. The molecular formula is C15H17N3O2S. The van der Waals surface area contributed by atoms with Crippen molar-refractivity contribution in [1.82, 2.24) is 4.98 Å². The van der Waals surface area contributed by atoms with Crippen LogP contribution in [0.15, 0.2) is 29.6 Å². The molecule has 6 heteroatoms. The van der Waals surface area contributed by atoms with E-state index in [0.29, 0.717) is 29.1 Å². The van der Waals surface area contributed by atoms with Crippen LogP contribution in [0.2, 0.25) is 0 Å². The number of hydrogen-bond donors (Lipinski definition) is 2. The summed E-state index contributed by atoms with van der Waals surface area (Å²) in [7, 11) is 0. The molecule has 2 aromatic rings. The van der Waals surface area contributed by atoms with E-state index >= 15 is 0 Å². The lowest BCUT2D eigenvalue weighted by Gasteiger charge is -2.08. The zero-order chi connectivity index (χ0) is 14.7. The Labute approximate surface area is 127 Å². The van der Waals surface area contributed by atoms with Crippen LogP contribution in [0.1, 0.15) is 30.9 Å². The summed E-state index contributed by atoms with van der Waals surface area (Å²) >= 11 is 1.47. The van der Waals surface area contributed by atoms with Gasteiger partial charge in [0, 0.05) is 11.3 Å². The molecule has 0 atom stereocenters. The number of anilines is 2. The molecule has 110 valence electrons. The number of para-hydroxylation sites is 2. The summed E-state index contributed by atoms with van der Waals surface area (Å²) in [6.45, 7) is 0.293. The van der Waals surface area contributed by atoms with Crippen LogP contribution in [-0.4, -0.2) is 17.5 Å². The smallest absolute Gasteiger partial charge is 0.229 e. The lowest BCUT2D eigenvalue weighted by molar-refractivity contribution is -0.116. The van der Waals surface area contributed by atoms with E-state index in [2.05, 4.69) is 10.3 Å². The van der Waals surface area contributed by atoms with Gasteiger partial charge in [-0.2, -0.15) is 0 Å². The quantitative estimate of drug-likeness (QED) is 0.804. The van der Waals surface area contributed by atoms with Gasteiger partial charge in [-0.05, 0) is 25.0 Å². The Balaban J connectivity index is 1.44. The number of nitrogens with zero attached hydrogens (tertiary/aromatic N) is 1. The number of benzene rings is 1. The lowest BCUT2D eigenvalue weighted by atomic mass is 10.3. The first kappa shape index (κ1) is 13.9. The zero-order valence-corrected chi connectivity index (χ0v) is 12.4. The van der Waals surface area contributed by atoms with Crippen molar-refractivity contribution in [3.05, 3.63) is 35.3 Å². The van der Waals surface area contributed by atoms with Crippen LogP contribution >= 0.6 is 11.3 Å². The van der Waals surface area contributed by atoms with Gasteiger partial charge in [-0.3, -0.25) is 4.79 Å². The Morgan fingerprint density at radius 3 is 3.00 bits per heavy atom. The molecule has 3 N–H and O–H groups in total. The molecule has 1 aliphatic carbocycles. The van der Waals surface area contributed by atoms with Gasteiger partial charge < -0.3 is 15.8 Å². The maximum atomic E-state index is 11.8. The summed E-state index contributed by atoms with van der Waals surface area (Å²) in [5, 5.41) is 5.49. The number of carbonyl (C=O) groups excluding carboxylic acids is 1. The molecule has 0 radical (unpaired) electrons. The van der Waals surface area contributed by atoms with Gasteiger partial charge in [-0.25, -0.2) is 4.98 Å². The molecule has 0 bridgehead atoms. The van der Waals surface area contributed by atoms with Crippen molar-refractivity contribution in [2.75, 3.05) is 17.7 Å². The molecule has 1 fully saturated rings. The van der Waals surface area contributed by atoms with Crippen LogP contribution in [0.4, 0.5) is 10.8 Å². The van der Waals surface area contributed by atoms with E-state index < -0.39 is 0 Å². The monoisotopic (exact) mass is 303 g/mol. The Morgan fingerprint density at radius 1 is 1.43 bits per heavy atom. The second-order valence-corrected chi connectivity index (χ2v) is 5.89. The average molecular weight is 303 g/mol. The second-order valence-electron chi connectivity index (χ2n) is 5.04. The van der Waals surface area contributed by atoms with Gasteiger partial charge >= 0.3 is 0 Å². The van der Waals surface area contributed by atoms with Gasteiger partial charge in [0.1, 0.15) is 5.75 Å². The van der Waals surface area contributed by atoms with Gasteiger partial charge in [-0.1, -0.05) is 12.1 Å². The van der Waals surface area contributed by atoms with E-state index in [0.717, 1.165) is 5.69 Å². The number of hydrogen-bond acceptors (Lipinski definition) is 5. The third-order valence-electron chi connectivity index (χ3n) is 3.27. The molecule has 0 spiro atoms. The van der Waals surface area contributed by atoms with Crippen molar-refractivity contribution in [3.8, 4) is 5.75 Å². The zero-order valence-electron chi connectivity index (χ0n) is 11.5. The van der Waals surface area contributed by atoms with E-state index in [1.807, 2.05) is 17.5 Å². The maximum absolute atomic E-state index is 11.8. The van der Waals surface area contributed by atoms with Gasteiger partial charge in [0.25, 0.3) is 0 Å². The topological polar surface area (TPSA) is 77.2 Å². The minimum Gasteiger partial charge on any atom is -0.491 e. The van der Waals surface area contributed by atoms with Gasteiger partial charge in [-0.15, -0.1) is 11.3 Å². The third kappa shape index (κ3) is 3.72. The summed E-state index contributed by atoms with van der Waals surface area (Å²) in [6.07, 6.45) is 2.69. The van der Waals surface area contributed by atoms with E-state index in [-0.39, 0.29) is 12.3 Å². The number of thiazole rings is 1. The highest BCUT2D eigenvalue weighted by Crippen LogP contribution is 2.40. The number of nitrogens with one attached hydrogen (secondary N) is 1. The molecule has 21 heavy (non-hydrogen) atoms. The number of carbonyl (C=O) groups is 1. The molecule has 1 aromatic carbocycles. The van der Waals surface area contributed by atoms with Crippen LogP contribution in [0.3, 0.4) is 0 Å². The largest absolute Gasteiger partial charge is 0.491 e. The highest BCUT2D eigenvalue weighted by atomic mass is 32.1. The third-order valence-corrected chi connectivity index (χ3v) is 4.05. The predicted molar refractivity (Wildman–Crippen MR) is 83.7 cm³/mol. The van der Waals surface area contributed by atoms with Gasteiger partial charge in [0.05, 0.1) is 24.4 Å². The molecule has 5 nitrogen and oxygen atoms in total. The fourth-order valence-electron chi connectivity index (χ4n) is 1.96.